The van der Waals surface area contributed by atoms with Crippen LogP contribution in [-0.4, -0.2) is 37.0 Å². The number of hydrogen-bond acceptors (Lipinski definition) is 3. The van der Waals surface area contributed by atoms with E-state index in [-0.39, 0.29) is 10.8 Å². The molecule has 0 aromatic heterocycles. The molecule has 0 N–H and O–H groups in total. The van der Waals surface area contributed by atoms with Gasteiger partial charge in [-0.1, -0.05) is 29.8 Å². The molecule has 3 rings (SSSR count). The lowest BCUT2D eigenvalue weighted by Gasteiger charge is -2.26. The van der Waals surface area contributed by atoms with Crippen LogP contribution in [0.3, 0.4) is 0 Å². The maximum atomic E-state index is 13.5. The molecule has 1 aliphatic rings. The number of carbonyl (C=O) groups excluding carboxylic acids is 1. The fraction of sp³-hybridized carbons (Fsp3) is 0.278. The summed E-state index contributed by atoms with van der Waals surface area (Å²) in [4.78, 5) is 14.8. The van der Waals surface area contributed by atoms with Gasteiger partial charge in [-0.05, 0) is 29.8 Å². The number of ketones is 1. The predicted molar refractivity (Wildman–Crippen MR) is 87.4 cm³/mol. The van der Waals surface area contributed by atoms with Crippen molar-refractivity contribution < 1.29 is 13.9 Å². The summed E-state index contributed by atoms with van der Waals surface area (Å²) in [5, 5.41) is 0.0163. The van der Waals surface area contributed by atoms with Gasteiger partial charge in [0.15, 0.2) is 5.78 Å². The largest absolute Gasteiger partial charge is 0.379 e. The fourth-order valence-electron chi connectivity index (χ4n) is 2.63. The molecular weight excluding hydrogens is 317 g/mol. The summed E-state index contributed by atoms with van der Waals surface area (Å²) >= 11 is 5.66. The van der Waals surface area contributed by atoms with Crippen molar-refractivity contribution >= 4 is 17.4 Å². The van der Waals surface area contributed by atoms with Crippen LogP contribution in [0.25, 0.3) is 0 Å². The van der Waals surface area contributed by atoms with E-state index >= 15 is 0 Å². The molecule has 0 amide bonds. The minimum absolute atomic E-state index is 0.0163. The number of nitrogens with zero attached hydrogens (tertiary/aromatic N) is 1. The van der Waals surface area contributed by atoms with Crippen molar-refractivity contribution in [3.05, 3.63) is 70.0 Å². The van der Waals surface area contributed by atoms with Crippen molar-refractivity contribution in [3.8, 4) is 0 Å². The molecule has 1 saturated heterocycles. The summed E-state index contributed by atoms with van der Waals surface area (Å²) < 4.78 is 18.9. The second kappa shape index (κ2) is 7.21. The van der Waals surface area contributed by atoms with Crippen molar-refractivity contribution in [1.82, 2.24) is 4.90 Å². The molecule has 0 unspecified atom stereocenters. The van der Waals surface area contributed by atoms with Crippen LogP contribution in [0.5, 0.6) is 0 Å². The monoisotopic (exact) mass is 333 g/mol. The Morgan fingerprint density at radius 1 is 1.13 bits per heavy atom. The molecule has 3 nitrogen and oxygen atoms in total. The lowest BCUT2D eigenvalue weighted by Crippen LogP contribution is -2.35. The average Bonchev–Trinajstić information content (AvgIpc) is 2.58. The highest BCUT2D eigenvalue weighted by Gasteiger charge is 2.14. The number of morpholine rings is 1. The quantitative estimate of drug-likeness (QED) is 0.801. The maximum absolute atomic E-state index is 13.5. The lowest BCUT2D eigenvalue weighted by atomic mass is 10.0. The van der Waals surface area contributed by atoms with Gasteiger partial charge in [-0.2, -0.15) is 0 Å². The molecule has 2 aromatic carbocycles. The Morgan fingerprint density at radius 2 is 1.87 bits per heavy atom. The highest BCUT2D eigenvalue weighted by molar-refractivity contribution is 6.30. The van der Waals surface area contributed by atoms with Gasteiger partial charge in [-0.15, -0.1) is 0 Å². The van der Waals surface area contributed by atoms with Gasteiger partial charge in [0.2, 0.25) is 0 Å². The predicted octanol–water partition coefficient (Wildman–Crippen LogP) is 3.54. The van der Waals surface area contributed by atoms with Crippen molar-refractivity contribution in [3.63, 3.8) is 0 Å². The first-order chi connectivity index (χ1) is 11.1. The lowest BCUT2D eigenvalue weighted by molar-refractivity contribution is 0.0342. The zero-order valence-corrected chi connectivity index (χ0v) is 13.4. The molecule has 1 fully saturated rings. The Morgan fingerprint density at radius 3 is 2.61 bits per heavy atom. The molecule has 0 bridgehead atoms. The highest BCUT2D eigenvalue weighted by Crippen LogP contribution is 2.19. The molecular formula is C18H17ClFNO2. The van der Waals surface area contributed by atoms with Crippen LogP contribution >= 0.6 is 11.6 Å². The Bertz CT molecular complexity index is 714. The van der Waals surface area contributed by atoms with E-state index in [1.54, 1.807) is 12.1 Å². The average molecular weight is 334 g/mol. The summed E-state index contributed by atoms with van der Waals surface area (Å²) in [6.07, 6.45) is 0. The topological polar surface area (TPSA) is 29.5 Å². The smallest absolute Gasteiger partial charge is 0.193 e. The van der Waals surface area contributed by atoms with Crippen LogP contribution < -0.4 is 0 Å². The van der Waals surface area contributed by atoms with E-state index in [2.05, 4.69) is 4.90 Å². The van der Waals surface area contributed by atoms with Gasteiger partial charge in [0.25, 0.3) is 0 Å². The van der Waals surface area contributed by atoms with E-state index < -0.39 is 5.82 Å². The number of rotatable bonds is 4. The molecule has 23 heavy (non-hydrogen) atoms. The third-order valence-electron chi connectivity index (χ3n) is 3.88. The standard InChI is InChI=1S/C18H17ClFNO2/c19-16-5-4-15(11-17(16)20)18(22)14-3-1-2-13(10-14)12-21-6-8-23-9-7-21/h1-5,10-11H,6-9,12H2. The molecule has 0 atom stereocenters. The van der Waals surface area contributed by atoms with Gasteiger partial charge in [0, 0.05) is 30.8 Å². The number of benzene rings is 2. The Kier molecular flexibility index (Phi) is 5.06. The Balaban J connectivity index is 1.78. The zero-order valence-electron chi connectivity index (χ0n) is 12.6. The van der Waals surface area contributed by atoms with Gasteiger partial charge < -0.3 is 4.74 Å². The van der Waals surface area contributed by atoms with Crippen LogP contribution in [-0.2, 0) is 11.3 Å². The van der Waals surface area contributed by atoms with Gasteiger partial charge in [-0.25, -0.2) is 4.39 Å². The summed E-state index contributed by atoms with van der Waals surface area (Å²) in [5.41, 5.74) is 1.92. The maximum Gasteiger partial charge on any atom is 0.193 e. The first-order valence-corrected chi connectivity index (χ1v) is 7.90. The Hall–Kier alpha value is -1.75. The molecule has 5 heteroatoms. The molecule has 0 saturated carbocycles. The number of hydrogen-bond donors (Lipinski definition) is 0. The van der Waals surface area contributed by atoms with Gasteiger partial charge in [0.05, 0.1) is 18.2 Å². The van der Waals surface area contributed by atoms with Crippen LogP contribution in [0.4, 0.5) is 4.39 Å². The third-order valence-corrected chi connectivity index (χ3v) is 4.19. The van der Waals surface area contributed by atoms with Gasteiger partial charge in [0.1, 0.15) is 5.82 Å². The minimum atomic E-state index is -0.581. The van der Waals surface area contributed by atoms with E-state index in [1.807, 2.05) is 18.2 Å². The summed E-state index contributed by atoms with van der Waals surface area (Å²) in [5.74, 6) is -0.786. The molecule has 0 radical (unpaired) electrons. The first-order valence-electron chi connectivity index (χ1n) is 7.52. The number of halogens is 2. The van der Waals surface area contributed by atoms with Gasteiger partial charge in [-0.3, -0.25) is 9.69 Å². The van der Waals surface area contributed by atoms with Crippen molar-refractivity contribution in [1.29, 1.82) is 0 Å². The van der Waals surface area contributed by atoms with Crippen LogP contribution in [0.15, 0.2) is 42.5 Å². The fourth-order valence-corrected chi connectivity index (χ4v) is 2.75. The van der Waals surface area contributed by atoms with E-state index in [0.29, 0.717) is 11.1 Å². The Labute approximate surface area is 139 Å². The van der Waals surface area contributed by atoms with E-state index in [4.69, 9.17) is 16.3 Å². The number of ether oxygens (including phenoxy) is 1. The van der Waals surface area contributed by atoms with Crippen molar-refractivity contribution in [2.45, 2.75) is 6.54 Å². The summed E-state index contributed by atoms with van der Waals surface area (Å²) in [6, 6.07) is 11.6. The molecule has 0 aliphatic carbocycles. The molecule has 1 heterocycles. The van der Waals surface area contributed by atoms with E-state index in [1.165, 1.54) is 12.1 Å². The first kappa shape index (κ1) is 16.1. The van der Waals surface area contributed by atoms with Crippen molar-refractivity contribution in [2.24, 2.45) is 0 Å². The van der Waals surface area contributed by atoms with Gasteiger partial charge >= 0.3 is 0 Å². The summed E-state index contributed by atoms with van der Waals surface area (Å²) in [7, 11) is 0. The molecule has 2 aromatic rings. The number of carbonyl (C=O) groups is 1. The van der Waals surface area contributed by atoms with E-state index in [9.17, 15) is 9.18 Å². The minimum Gasteiger partial charge on any atom is -0.379 e. The molecule has 1 aliphatic heterocycles. The summed E-state index contributed by atoms with van der Waals surface area (Å²) in [6.45, 7) is 4.03. The van der Waals surface area contributed by atoms with Crippen LogP contribution in [0, 0.1) is 5.82 Å². The third kappa shape index (κ3) is 3.96. The normalized spacial score (nSPS) is 15.6. The zero-order chi connectivity index (χ0) is 16.2. The second-order valence-corrected chi connectivity index (χ2v) is 5.95. The highest BCUT2D eigenvalue weighted by atomic mass is 35.5. The second-order valence-electron chi connectivity index (χ2n) is 5.55. The van der Waals surface area contributed by atoms with E-state index in [0.717, 1.165) is 38.4 Å². The van der Waals surface area contributed by atoms with Crippen LogP contribution in [0.2, 0.25) is 5.02 Å². The van der Waals surface area contributed by atoms with Crippen LogP contribution in [0.1, 0.15) is 21.5 Å². The SMILES string of the molecule is O=C(c1cccc(CN2CCOCC2)c1)c1ccc(Cl)c(F)c1. The van der Waals surface area contributed by atoms with Crippen molar-refractivity contribution in [2.75, 3.05) is 26.3 Å². The molecule has 120 valence electrons. The molecule has 0 spiro atoms.